The molecule has 0 N–H and O–H groups in total. The topological polar surface area (TPSA) is 57.9 Å². The predicted molar refractivity (Wildman–Crippen MR) is 135 cm³/mol. The molecule has 0 amide bonds. The molecule has 0 aromatic carbocycles. The summed E-state index contributed by atoms with van der Waals surface area (Å²) in [6.45, 7) is 18.1. The lowest BCUT2D eigenvalue weighted by molar-refractivity contribution is -0.215. The Kier molecular flexibility index (Phi) is 5.07. The zero-order valence-corrected chi connectivity index (χ0v) is 22.2. The van der Waals surface area contributed by atoms with Crippen molar-refractivity contribution in [1.29, 1.82) is 5.26 Å². The fourth-order valence-electron chi connectivity index (χ4n) is 11.0. The van der Waals surface area contributed by atoms with Crippen molar-refractivity contribution < 1.29 is 9.59 Å². The molecule has 0 aromatic rings. The van der Waals surface area contributed by atoms with E-state index in [1.165, 1.54) is 11.9 Å². The minimum Gasteiger partial charge on any atom is -0.303 e. The van der Waals surface area contributed by atoms with Crippen molar-refractivity contribution in [1.82, 2.24) is 0 Å². The Balaban J connectivity index is 1.61. The average Bonchev–Trinajstić information content (AvgIpc) is 3.17. The van der Waals surface area contributed by atoms with E-state index in [4.69, 9.17) is 0 Å². The summed E-state index contributed by atoms with van der Waals surface area (Å²) >= 11 is 0. The van der Waals surface area contributed by atoms with E-state index < -0.39 is 5.41 Å². The Labute approximate surface area is 206 Å². The van der Waals surface area contributed by atoms with Gasteiger partial charge in [-0.1, -0.05) is 52.8 Å². The van der Waals surface area contributed by atoms with E-state index in [9.17, 15) is 14.9 Å². The monoisotopic (exact) mass is 461 g/mol. The molecule has 4 saturated carbocycles. The molecule has 3 heteroatoms. The van der Waals surface area contributed by atoms with Crippen LogP contribution < -0.4 is 0 Å². The van der Waals surface area contributed by atoms with E-state index >= 15 is 0 Å². The third-order valence-corrected chi connectivity index (χ3v) is 12.8. The van der Waals surface area contributed by atoms with Gasteiger partial charge in [-0.25, -0.2) is 0 Å². The van der Waals surface area contributed by atoms with Gasteiger partial charge in [-0.2, -0.15) is 5.26 Å². The van der Waals surface area contributed by atoms with Crippen molar-refractivity contribution in [2.75, 3.05) is 0 Å². The molecule has 0 aliphatic heterocycles. The second kappa shape index (κ2) is 7.18. The SMILES string of the molecule is C=C(C)[C@@H]1CC[C@]2(C=O)CC[C@]3(C)C(CC[C@@H]4[C@@]5(C)C=C(C#N)C(=O)C(C)(C)[C@@H]5CC[C@]43C)[C@@H]12. The summed E-state index contributed by atoms with van der Waals surface area (Å²) < 4.78 is 0. The van der Waals surface area contributed by atoms with Crippen molar-refractivity contribution in [3.8, 4) is 6.07 Å². The molecule has 0 radical (unpaired) electrons. The maximum Gasteiger partial charge on any atom is 0.178 e. The van der Waals surface area contributed by atoms with Gasteiger partial charge in [0, 0.05) is 10.8 Å². The summed E-state index contributed by atoms with van der Waals surface area (Å²) in [7, 11) is 0. The number of Topliss-reactive ketones (excluding diaryl/α,β-unsaturated/α-hetero) is 1. The fraction of sp³-hybridized carbons (Fsp3) is 0.774. The van der Waals surface area contributed by atoms with Gasteiger partial charge in [0.05, 0.1) is 5.57 Å². The molecule has 5 rings (SSSR count). The van der Waals surface area contributed by atoms with Crippen LogP contribution >= 0.6 is 0 Å². The number of fused-ring (bicyclic) bond motifs is 7. The maximum absolute atomic E-state index is 13.2. The highest BCUT2D eigenvalue weighted by atomic mass is 16.1. The molecule has 5 aliphatic carbocycles. The van der Waals surface area contributed by atoms with Crippen LogP contribution in [-0.2, 0) is 9.59 Å². The third-order valence-electron chi connectivity index (χ3n) is 12.8. The number of hydrogen-bond donors (Lipinski definition) is 0. The van der Waals surface area contributed by atoms with Gasteiger partial charge in [-0.3, -0.25) is 4.79 Å². The predicted octanol–water partition coefficient (Wildman–Crippen LogP) is 7.08. The summed E-state index contributed by atoms with van der Waals surface area (Å²) in [4.78, 5) is 25.8. The number of allylic oxidation sites excluding steroid dienone is 3. The fourth-order valence-corrected chi connectivity index (χ4v) is 11.0. The first-order valence-corrected chi connectivity index (χ1v) is 13.6. The normalized spacial score (nSPS) is 51.1. The smallest absolute Gasteiger partial charge is 0.178 e. The van der Waals surface area contributed by atoms with Crippen LogP contribution in [0.25, 0.3) is 0 Å². The molecule has 0 bridgehead atoms. The lowest BCUT2D eigenvalue weighted by Gasteiger charge is -2.71. The van der Waals surface area contributed by atoms with Crippen LogP contribution in [-0.4, -0.2) is 12.1 Å². The van der Waals surface area contributed by atoms with E-state index in [0.29, 0.717) is 29.2 Å². The van der Waals surface area contributed by atoms with Crippen molar-refractivity contribution in [2.45, 2.75) is 92.9 Å². The van der Waals surface area contributed by atoms with Crippen molar-refractivity contribution in [3.05, 3.63) is 23.8 Å². The first kappa shape index (κ1) is 24.0. The summed E-state index contributed by atoms with van der Waals surface area (Å²) in [5.41, 5.74) is 1.12. The van der Waals surface area contributed by atoms with E-state index in [2.05, 4.69) is 60.3 Å². The summed E-state index contributed by atoms with van der Waals surface area (Å²) in [6.07, 6.45) is 12.1. The van der Waals surface area contributed by atoms with E-state index in [-0.39, 0.29) is 33.4 Å². The summed E-state index contributed by atoms with van der Waals surface area (Å²) in [5, 5.41) is 9.86. The highest BCUT2D eigenvalue weighted by Gasteiger charge is 2.70. The lowest BCUT2D eigenvalue weighted by Crippen LogP contribution is -2.65. The molecule has 34 heavy (non-hydrogen) atoms. The quantitative estimate of drug-likeness (QED) is 0.326. The van der Waals surface area contributed by atoms with Crippen LogP contribution in [0.3, 0.4) is 0 Å². The van der Waals surface area contributed by atoms with Crippen LogP contribution in [0.2, 0.25) is 0 Å². The van der Waals surface area contributed by atoms with Crippen LogP contribution in [0.4, 0.5) is 0 Å². The van der Waals surface area contributed by atoms with Gasteiger partial charge < -0.3 is 4.79 Å². The standard InChI is InChI=1S/C31H43NO2/c1-19(2)21-10-13-31(18-33)15-14-29(6)22(25(21)31)8-9-24-28(5)16-20(17-32)26(34)27(3,4)23(28)11-12-30(24,29)7/h16,18,21-25H,1,8-15H2,2-7H3/t21-,22?,23-,24+,25+,28-,29+,30+,31+/m0/s1. The Morgan fingerprint density at radius 2 is 1.71 bits per heavy atom. The Hall–Kier alpha value is -1.69. The molecule has 1 unspecified atom stereocenters. The Bertz CT molecular complexity index is 1030. The summed E-state index contributed by atoms with van der Waals surface area (Å²) in [6, 6.07) is 2.27. The number of nitriles is 1. The molecule has 9 atom stereocenters. The minimum atomic E-state index is -0.497. The molecule has 0 spiro atoms. The molecule has 4 fully saturated rings. The van der Waals surface area contributed by atoms with Gasteiger partial charge in [0.2, 0.25) is 0 Å². The molecule has 0 saturated heterocycles. The van der Waals surface area contributed by atoms with Crippen LogP contribution in [0.5, 0.6) is 0 Å². The number of carbonyl (C=O) groups excluding carboxylic acids is 2. The largest absolute Gasteiger partial charge is 0.303 e. The van der Waals surface area contributed by atoms with Crippen LogP contribution in [0, 0.1) is 68.0 Å². The molecular weight excluding hydrogens is 418 g/mol. The van der Waals surface area contributed by atoms with Gasteiger partial charge in [-0.15, -0.1) is 0 Å². The first-order valence-electron chi connectivity index (χ1n) is 13.6. The highest BCUT2D eigenvalue weighted by molar-refractivity contribution is 6.04. The van der Waals surface area contributed by atoms with Crippen LogP contribution in [0.15, 0.2) is 23.8 Å². The Morgan fingerprint density at radius 1 is 1.00 bits per heavy atom. The molecule has 0 aromatic heterocycles. The Morgan fingerprint density at radius 3 is 2.32 bits per heavy atom. The van der Waals surface area contributed by atoms with Gasteiger partial charge >= 0.3 is 0 Å². The third kappa shape index (κ3) is 2.64. The number of rotatable bonds is 2. The first-order chi connectivity index (χ1) is 15.8. The van der Waals surface area contributed by atoms with Gasteiger partial charge in [0.15, 0.2) is 5.78 Å². The van der Waals surface area contributed by atoms with Crippen molar-refractivity contribution in [3.63, 3.8) is 0 Å². The number of carbonyl (C=O) groups is 2. The second-order valence-corrected chi connectivity index (χ2v) is 14.1. The average molecular weight is 462 g/mol. The van der Waals surface area contributed by atoms with Crippen molar-refractivity contribution >= 4 is 12.1 Å². The van der Waals surface area contributed by atoms with Gasteiger partial charge in [0.1, 0.15) is 12.4 Å². The zero-order chi connectivity index (χ0) is 24.9. The van der Waals surface area contributed by atoms with Gasteiger partial charge in [0.25, 0.3) is 0 Å². The lowest BCUT2D eigenvalue weighted by atomic mass is 9.33. The molecule has 0 heterocycles. The maximum atomic E-state index is 13.2. The second-order valence-electron chi connectivity index (χ2n) is 14.1. The minimum absolute atomic E-state index is 0.0321. The summed E-state index contributed by atoms with van der Waals surface area (Å²) in [5.74, 6) is 2.16. The number of aldehydes is 1. The van der Waals surface area contributed by atoms with Crippen molar-refractivity contribution in [2.24, 2.45) is 56.7 Å². The van der Waals surface area contributed by atoms with E-state index in [1.807, 2.05) is 0 Å². The molecular formula is C31H43NO2. The molecule has 3 nitrogen and oxygen atoms in total. The molecule has 184 valence electrons. The zero-order valence-electron chi connectivity index (χ0n) is 22.2. The highest BCUT2D eigenvalue weighted by Crippen LogP contribution is 2.76. The van der Waals surface area contributed by atoms with Crippen LogP contribution in [0.1, 0.15) is 92.9 Å². The van der Waals surface area contributed by atoms with E-state index in [0.717, 1.165) is 51.4 Å². The number of hydrogen-bond acceptors (Lipinski definition) is 3. The molecule has 5 aliphatic rings. The number of ketones is 1. The van der Waals surface area contributed by atoms with E-state index in [1.54, 1.807) is 0 Å². The number of nitrogens with zero attached hydrogens (tertiary/aromatic N) is 1. The van der Waals surface area contributed by atoms with Gasteiger partial charge in [-0.05, 0) is 104 Å².